The van der Waals surface area contributed by atoms with E-state index in [1.54, 1.807) is 21.9 Å². The van der Waals surface area contributed by atoms with E-state index in [2.05, 4.69) is 25.3 Å². The molecule has 1 aromatic carbocycles. The zero-order chi connectivity index (χ0) is 20.7. The first kappa shape index (κ1) is 18.6. The van der Waals surface area contributed by atoms with E-state index in [1.165, 1.54) is 6.20 Å². The highest BCUT2D eigenvalue weighted by Gasteiger charge is 2.36. The molecule has 30 heavy (non-hydrogen) atoms. The molecule has 0 spiro atoms. The Morgan fingerprint density at radius 3 is 2.63 bits per heavy atom. The minimum absolute atomic E-state index is 0.179. The van der Waals surface area contributed by atoms with Crippen LogP contribution in [0.3, 0.4) is 0 Å². The van der Waals surface area contributed by atoms with Crippen molar-refractivity contribution in [2.45, 2.75) is 44.1 Å². The van der Waals surface area contributed by atoms with Gasteiger partial charge in [-0.3, -0.25) is 9.36 Å². The summed E-state index contributed by atoms with van der Waals surface area (Å²) in [6, 6.07) is 7.51. The fourth-order valence-electron chi connectivity index (χ4n) is 4.02. The van der Waals surface area contributed by atoms with Crippen LogP contribution in [0, 0.1) is 0 Å². The van der Waals surface area contributed by atoms with Gasteiger partial charge in [0.25, 0.3) is 5.56 Å². The Hall–Kier alpha value is -3.43. The van der Waals surface area contributed by atoms with Gasteiger partial charge in [-0.25, -0.2) is 18.4 Å². The highest BCUT2D eigenvalue weighted by molar-refractivity contribution is 5.73. The smallest absolute Gasteiger partial charge is 0.262 e. The molecular weight excluding hydrogens is 392 g/mol. The number of alkyl halides is 2. The first-order valence-electron chi connectivity index (χ1n) is 9.77. The first-order chi connectivity index (χ1) is 14.5. The molecule has 0 unspecified atom stereocenters. The van der Waals surface area contributed by atoms with E-state index < -0.39 is 5.92 Å². The number of benzene rings is 1. The molecule has 0 amide bonds. The van der Waals surface area contributed by atoms with Gasteiger partial charge in [0.05, 0.1) is 17.9 Å². The van der Waals surface area contributed by atoms with E-state index in [-0.39, 0.29) is 24.4 Å². The van der Waals surface area contributed by atoms with Gasteiger partial charge in [0.15, 0.2) is 5.65 Å². The van der Waals surface area contributed by atoms with Crippen molar-refractivity contribution < 1.29 is 8.78 Å². The molecule has 3 aromatic heterocycles. The SMILES string of the molecule is O=c1[nH]c(Cc2ccccc2-n2cnnc2)nc2c1cnn2C1CCC(F)(F)CC1. The van der Waals surface area contributed by atoms with E-state index >= 15 is 0 Å². The normalized spacial score (nSPS) is 16.9. The molecule has 10 heteroatoms. The molecule has 1 saturated carbocycles. The topological polar surface area (TPSA) is 94.3 Å². The monoisotopic (exact) mass is 411 g/mol. The van der Waals surface area contributed by atoms with E-state index in [0.717, 1.165) is 11.3 Å². The Morgan fingerprint density at radius 1 is 1.13 bits per heavy atom. The van der Waals surface area contributed by atoms with Crippen molar-refractivity contribution in [2.75, 3.05) is 0 Å². The molecule has 4 aromatic rings. The summed E-state index contributed by atoms with van der Waals surface area (Å²) in [6.07, 6.45) is 5.31. The number of halogens is 2. The quantitative estimate of drug-likeness (QED) is 0.557. The molecule has 0 aliphatic heterocycles. The number of H-pyrrole nitrogens is 1. The summed E-state index contributed by atoms with van der Waals surface area (Å²) in [6.45, 7) is 0. The fraction of sp³-hybridized carbons (Fsp3) is 0.350. The van der Waals surface area contributed by atoms with E-state index in [4.69, 9.17) is 0 Å². The van der Waals surface area contributed by atoms with Crippen LogP contribution in [-0.2, 0) is 6.42 Å². The molecule has 154 valence electrons. The number of hydrogen-bond acceptors (Lipinski definition) is 5. The van der Waals surface area contributed by atoms with Gasteiger partial charge in [-0.15, -0.1) is 10.2 Å². The van der Waals surface area contributed by atoms with Crippen LogP contribution in [0.25, 0.3) is 16.7 Å². The standard InChI is InChI=1S/C20H19F2N7O/c21-20(22)7-5-14(6-8-20)29-18-15(10-25-29)19(30)27-17(26-18)9-13-3-1-2-4-16(13)28-11-23-24-12-28/h1-4,10-12,14H,5-9H2,(H,26,27,30). The summed E-state index contributed by atoms with van der Waals surface area (Å²) in [7, 11) is 0. The van der Waals surface area contributed by atoms with Gasteiger partial charge < -0.3 is 4.98 Å². The lowest BCUT2D eigenvalue weighted by atomic mass is 9.92. The third-order valence-electron chi connectivity index (χ3n) is 5.59. The van der Waals surface area contributed by atoms with Gasteiger partial charge in [-0.05, 0) is 24.5 Å². The van der Waals surface area contributed by atoms with Gasteiger partial charge in [-0.1, -0.05) is 18.2 Å². The van der Waals surface area contributed by atoms with Gasteiger partial charge >= 0.3 is 0 Å². The number of fused-ring (bicyclic) bond motifs is 1. The van der Waals surface area contributed by atoms with Crippen LogP contribution in [0.15, 0.2) is 47.9 Å². The summed E-state index contributed by atoms with van der Waals surface area (Å²) in [5.41, 5.74) is 1.96. The van der Waals surface area contributed by atoms with Gasteiger partial charge in [0, 0.05) is 19.3 Å². The number of nitrogens with zero attached hydrogens (tertiary/aromatic N) is 6. The van der Waals surface area contributed by atoms with Crippen LogP contribution in [0.1, 0.15) is 43.1 Å². The van der Waals surface area contributed by atoms with Crippen molar-refractivity contribution >= 4 is 11.0 Å². The van der Waals surface area contributed by atoms with Crippen LogP contribution in [0.5, 0.6) is 0 Å². The van der Waals surface area contributed by atoms with Crippen molar-refractivity contribution in [3.05, 3.63) is 64.9 Å². The van der Waals surface area contributed by atoms with Crippen LogP contribution in [0.2, 0.25) is 0 Å². The first-order valence-corrected chi connectivity index (χ1v) is 9.77. The lowest BCUT2D eigenvalue weighted by molar-refractivity contribution is -0.0446. The Labute approximate surface area is 169 Å². The molecule has 1 fully saturated rings. The number of hydrogen-bond donors (Lipinski definition) is 1. The summed E-state index contributed by atoms with van der Waals surface area (Å²) in [5, 5.41) is 12.4. The maximum Gasteiger partial charge on any atom is 0.262 e. The third kappa shape index (κ3) is 3.38. The van der Waals surface area contributed by atoms with E-state index in [9.17, 15) is 13.6 Å². The van der Waals surface area contributed by atoms with Crippen molar-refractivity contribution in [1.29, 1.82) is 0 Å². The minimum Gasteiger partial charge on any atom is -0.310 e. The highest BCUT2D eigenvalue weighted by Crippen LogP contribution is 2.38. The average Bonchev–Trinajstić information content (AvgIpc) is 3.39. The second-order valence-electron chi connectivity index (χ2n) is 7.60. The largest absolute Gasteiger partial charge is 0.310 e. The molecule has 1 N–H and O–H groups in total. The van der Waals surface area contributed by atoms with Crippen molar-refractivity contribution in [3.8, 4) is 5.69 Å². The lowest BCUT2D eigenvalue weighted by Crippen LogP contribution is -2.27. The number of para-hydroxylation sites is 1. The second kappa shape index (κ2) is 7.12. The molecule has 0 atom stereocenters. The minimum atomic E-state index is -2.62. The molecule has 0 bridgehead atoms. The van der Waals surface area contributed by atoms with Crippen LogP contribution >= 0.6 is 0 Å². The third-order valence-corrected chi connectivity index (χ3v) is 5.59. The maximum atomic E-state index is 13.5. The summed E-state index contributed by atoms with van der Waals surface area (Å²) in [5.74, 6) is -2.14. The summed E-state index contributed by atoms with van der Waals surface area (Å²) >= 11 is 0. The zero-order valence-corrected chi connectivity index (χ0v) is 16.0. The maximum absolute atomic E-state index is 13.5. The van der Waals surface area contributed by atoms with Gasteiger partial charge in [0.1, 0.15) is 23.9 Å². The van der Waals surface area contributed by atoms with Crippen LogP contribution in [0.4, 0.5) is 8.78 Å². The highest BCUT2D eigenvalue weighted by atomic mass is 19.3. The molecular formula is C20H19F2N7O. The Kier molecular flexibility index (Phi) is 4.41. The second-order valence-corrected chi connectivity index (χ2v) is 7.60. The fourth-order valence-corrected chi connectivity index (χ4v) is 4.02. The number of rotatable bonds is 4. The number of aromatic amines is 1. The molecule has 0 saturated heterocycles. The van der Waals surface area contributed by atoms with E-state index in [1.807, 2.05) is 24.3 Å². The van der Waals surface area contributed by atoms with Gasteiger partial charge in [0.2, 0.25) is 5.92 Å². The molecule has 0 radical (unpaired) electrons. The van der Waals surface area contributed by atoms with Crippen LogP contribution < -0.4 is 5.56 Å². The summed E-state index contributed by atoms with van der Waals surface area (Å²) in [4.78, 5) is 20.1. The van der Waals surface area contributed by atoms with Crippen LogP contribution in [-0.4, -0.2) is 40.4 Å². The average molecular weight is 411 g/mol. The zero-order valence-electron chi connectivity index (χ0n) is 16.0. The Bertz CT molecular complexity index is 1240. The lowest BCUT2D eigenvalue weighted by Gasteiger charge is -2.28. The summed E-state index contributed by atoms with van der Waals surface area (Å²) < 4.78 is 30.5. The number of aromatic nitrogens is 7. The Balaban J connectivity index is 1.51. The number of nitrogens with one attached hydrogen (secondary N) is 1. The molecule has 1 aliphatic carbocycles. The van der Waals surface area contributed by atoms with E-state index in [0.29, 0.717) is 36.1 Å². The predicted molar refractivity (Wildman–Crippen MR) is 105 cm³/mol. The molecule has 8 nitrogen and oxygen atoms in total. The van der Waals surface area contributed by atoms with Gasteiger partial charge in [-0.2, -0.15) is 5.10 Å². The Morgan fingerprint density at radius 2 is 1.87 bits per heavy atom. The van der Waals surface area contributed by atoms with Crippen molar-refractivity contribution in [3.63, 3.8) is 0 Å². The predicted octanol–water partition coefficient (Wildman–Crippen LogP) is 3.04. The molecule has 5 rings (SSSR count). The molecule has 1 aliphatic rings. The van der Waals surface area contributed by atoms with Crippen molar-refractivity contribution in [2.24, 2.45) is 0 Å². The van der Waals surface area contributed by atoms with Crippen molar-refractivity contribution in [1.82, 2.24) is 34.5 Å². The molecule has 3 heterocycles.